The monoisotopic (exact) mass is 272 g/mol. The molecule has 1 unspecified atom stereocenters. The summed E-state index contributed by atoms with van der Waals surface area (Å²) in [6, 6.07) is 4.52. The average molecular weight is 273 g/mol. The predicted molar refractivity (Wildman–Crippen MR) is 70.7 cm³/mol. The third-order valence-electron chi connectivity index (χ3n) is 2.53. The largest absolute Gasteiger partial charge is 0.393 e. The summed E-state index contributed by atoms with van der Waals surface area (Å²) in [5.41, 5.74) is 0.645. The van der Waals surface area contributed by atoms with Gasteiger partial charge in [0.1, 0.15) is 0 Å². The first-order valence-corrected chi connectivity index (χ1v) is 6.20. The fraction of sp³-hybridized carbons (Fsp3) is 0.500. The molecule has 0 amide bonds. The van der Waals surface area contributed by atoms with Crippen LogP contribution in [-0.4, -0.2) is 22.7 Å². The molecule has 0 aliphatic heterocycles. The van der Waals surface area contributed by atoms with E-state index in [0.717, 1.165) is 6.42 Å². The highest BCUT2D eigenvalue weighted by atomic mass is 35.5. The molecule has 18 heavy (non-hydrogen) atoms. The van der Waals surface area contributed by atoms with Gasteiger partial charge in [-0.15, -0.1) is 0 Å². The number of halogens is 1. The minimum Gasteiger partial charge on any atom is -0.393 e. The number of nitrogens with zero attached hydrogens (tertiary/aromatic N) is 1. The maximum absolute atomic E-state index is 10.8. The number of nitro benzene ring substituents is 1. The Morgan fingerprint density at radius 2 is 2.28 bits per heavy atom. The number of hydrogen-bond acceptors (Lipinski definition) is 4. The fourth-order valence-electron chi connectivity index (χ4n) is 1.62. The van der Waals surface area contributed by atoms with E-state index in [-0.39, 0.29) is 11.8 Å². The summed E-state index contributed by atoms with van der Waals surface area (Å²) in [6.45, 7) is 2.84. The molecule has 0 bridgehead atoms. The summed E-state index contributed by atoms with van der Waals surface area (Å²) in [5, 5.41) is 23.5. The predicted octanol–water partition coefficient (Wildman–Crippen LogP) is 2.50. The third-order valence-corrected chi connectivity index (χ3v) is 2.76. The van der Waals surface area contributed by atoms with Crippen molar-refractivity contribution in [2.24, 2.45) is 0 Å². The van der Waals surface area contributed by atoms with E-state index in [1.807, 2.05) is 0 Å². The van der Waals surface area contributed by atoms with Crippen LogP contribution in [0.3, 0.4) is 0 Å². The van der Waals surface area contributed by atoms with Crippen molar-refractivity contribution in [1.82, 2.24) is 5.32 Å². The van der Waals surface area contributed by atoms with Crippen LogP contribution in [-0.2, 0) is 6.54 Å². The Kier molecular flexibility index (Phi) is 6.04. The Morgan fingerprint density at radius 1 is 1.56 bits per heavy atom. The third kappa shape index (κ3) is 5.00. The summed E-state index contributed by atoms with van der Waals surface area (Å²) >= 11 is 5.82. The molecule has 1 aromatic carbocycles. The van der Waals surface area contributed by atoms with E-state index in [1.165, 1.54) is 12.1 Å². The first-order chi connectivity index (χ1) is 8.50. The Labute approximate surface area is 111 Å². The molecule has 2 N–H and O–H groups in total. The highest BCUT2D eigenvalue weighted by Gasteiger charge is 2.13. The van der Waals surface area contributed by atoms with E-state index in [4.69, 9.17) is 16.7 Å². The lowest BCUT2D eigenvalue weighted by molar-refractivity contribution is -0.385. The van der Waals surface area contributed by atoms with Crippen LogP contribution in [0.1, 0.15) is 25.3 Å². The van der Waals surface area contributed by atoms with Gasteiger partial charge in [0.05, 0.1) is 11.0 Å². The number of benzene rings is 1. The van der Waals surface area contributed by atoms with Crippen molar-refractivity contribution in [2.45, 2.75) is 32.4 Å². The van der Waals surface area contributed by atoms with Crippen molar-refractivity contribution in [3.8, 4) is 0 Å². The lowest BCUT2D eigenvalue weighted by Crippen LogP contribution is -2.17. The molecule has 0 saturated carbocycles. The molecule has 6 heteroatoms. The number of hydrogen-bond donors (Lipinski definition) is 2. The van der Waals surface area contributed by atoms with Gasteiger partial charge in [0.25, 0.3) is 5.69 Å². The van der Waals surface area contributed by atoms with Gasteiger partial charge in [0.15, 0.2) is 0 Å². The van der Waals surface area contributed by atoms with Crippen molar-refractivity contribution in [1.29, 1.82) is 0 Å². The number of nitrogens with one attached hydrogen (secondary N) is 1. The van der Waals surface area contributed by atoms with E-state index in [9.17, 15) is 10.1 Å². The number of rotatable bonds is 7. The number of aliphatic hydroxyl groups excluding tert-OH is 1. The Bertz CT molecular complexity index is 410. The van der Waals surface area contributed by atoms with Crippen molar-refractivity contribution in [2.75, 3.05) is 6.54 Å². The van der Waals surface area contributed by atoms with Crippen LogP contribution < -0.4 is 5.32 Å². The molecule has 100 valence electrons. The summed E-state index contributed by atoms with van der Waals surface area (Å²) in [6.07, 6.45) is 1.23. The van der Waals surface area contributed by atoms with E-state index in [2.05, 4.69) is 5.32 Å². The number of aliphatic hydroxyl groups is 1. The van der Waals surface area contributed by atoms with Gasteiger partial charge in [0.2, 0.25) is 0 Å². The molecule has 0 radical (unpaired) electrons. The lowest BCUT2D eigenvalue weighted by Gasteiger charge is -2.07. The zero-order chi connectivity index (χ0) is 13.5. The molecule has 0 spiro atoms. The minimum absolute atomic E-state index is 0.0717. The van der Waals surface area contributed by atoms with E-state index in [1.54, 1.807) is 13.0 Å². The maximum atomic E-state index is 10.8. The highest BCUT2D eigenvalue weighted by Crippen LogP contribution is 2.22. The molecular formula is C12H17ClN2O3. The zero-order valence-electron chi connectivity index (χ0n) is 10.2. The molecule has 0 saturated heterocycles. The summed E-state index contributed by atoms with van der Waals surface area (Å²) in [5.74, 6) is 0. The Hall–Kier alpha value is -1.17. The Morgan fingerprint density at radius 3 is 2.89 bits per heavy atom. The molecule has 0 aromatic heterocycles. The molecular weight excluding hydrogens is 256 g/mol. The molecule has 1 aromatic rings. The van der Waals surface area contributed by atoms with Gasteiger partial charge in [-0.05, 0) is 38.4 Å². The zero-order valence-corrected chi connectivity index (χ0v) is 11.0. The SMILES string of the molecule is CC(O)CCCNCc1cc(Cl)ccc1[N+](=O)[O-]. The van der Waals surface area contributed by atoms with Gasteiger partial charge < -0.3 is 10.4 Å². The molecule has 0 heterocycles. The van der Waals surface area contributed by atoms with Crippen LogP contribution in [0.5, 0.6) is 0 Å². The van der Waals surface area contributed by atoms with Crippen molar-refractivity contribution in [3.63, 3.8) is 0 Å². The molecule has 5 nitrogen and oxygen atoms in total. The second-order valence-corrected chi connectivity index (χ2v) is 4.63. The topological polar surface area (TPSA) is 75.4 Å². The van der Waals surface area contributed by atoms with Gasteiger partial charge in [-0.25, -0.2) is 0 Å². The van der Waals surface area contributed by atoms with Crippen molar-refractivity contribution >= 4 is 17.3 Å². The average Bonchev–Trinajstić information content (AvgIpc) is 2.27. The maximum Gasteiger partial charge on any atom is 0.273 e. The van der Waals surface area contributed by atoms with Crippen LogP contribution in [0.4, 0.5) is 5.69 Å². The van der Waals surface area contributed by atoms with Crippen LogP contribution in [0, 0.1) is 10.1 Å². The number of nitro groups is 1. The smallest absolute Gasteiger partial charge is 0.273 e. The van der Waals surface area contributed by atoms with Crippen molar-refractivity contribution in [3.05, 3.63) is 38.9 Å². The standard InChI is InChI=1S/C12H17ClN2O3/c1-9(16)3-2-6-14-8-10-7-11(13)4-5-12(10)15(17)18/h4-5,7,9,14,16H,2-3,6,8H2,1H3. The summed E-state index contributed by atoms with van der Waals surface area (Å²) < 4.78 is 0. The first kappa shape index (κ1) is 14.9. The second kappa shape index (κ2) is 7.31. The van der Waals surface area contributed by atoms with Crippen molar-refractivity contribution < 1.29 is 10.0 Å². The first-order valence-electron chi connectivity index (χ1n) is 5.82. The van der Waals surface area contributed by atoms with Gasteiger partial charge in [-0.3, -0.25) is 10.1 Å². The van der Waals surface area contributed by atoms with E-state index < -0.39 is 4.92 Å². The molecule has 1 rings (SSSR count). The van der Waals surface area contributed by atoms with Crippen LogP contribution in [0.25, 0.3) is 0 Å². The Balaban J connectivity index is 2.50. The fourth-order valence-corrected chi connectivity index (χ4v) is 1.81. The highest BCUT2D eigenvalue weighted by molar-refractivity contribution is 6.30. The van der Waals surface area contributed by atoms with Crippen LogP contribution in [0.15, 0.2) is 18.2 Å². The normalized spacial score (nSPS) is 12.4. The van der Waals surface area contributed by atoms with Crippen LogP contribution >= 0.6 is 11.6 Å². The van der Waals surface area contributed by atoms with Gasteiger partial charge in [0, 0.05) is 23.2 Å². The summed E-state index contributed by atoms with van der Waals surface area (Å²) in [7, 11) is 0. The van der Waals surface area contributed by atoms with E-state index >= 15 is 0 Å². The van der Waals surface area contributed by atoms with Gasteiger partial charge in [-0.2, -0.15) is 0 Å². The van der Waals surface area contributed by atoms with Crippen LogP contribution in [0.2, 0.25) is 5.02 Å². The van der Waals surface area contributed by atoms with Gasteiger partial charge in [-0.1, -0.05) is 11.6 Å². The lowest BCUT2D eigenvalue weighted by atomic mass is 10.1. The molecule has 0 aliphatic carbocycles. The summed E-state index contributed by atoms with van der Waals surface area (Å²) in [4.78, 5) is 10.4. The molecule has 0 fully saturated rings. The minimum atomic E-state index is -0.414. The molecule has 0 aliphatic rings. The quantitative estimate of drug-likeness (QED) is 0.454. The second-order valence-electron chi connectivity index (χ2n) is 4.20. The van der Waals surface area contributed by atoms with E-state index in [0.29, 0.717) is 30.1 Å². The van der Waals surface area contributed by atoms with Gasteiger partial charge >= 0.3 is 0 Å². The molecule has 1 atom stereocenters.